The predicted molar refractivity (Wildman–Crippen MR) is 152 cm³/mol. The minimum absolute atomic E-state index is 0.961. The average molecular weight is 469 g/mol. The predicted octanol–water partition coefficient (Wildman–Crippen LogP) is 9.00. The van der Waals surface area contributed by atoms with Gasteiger partial charge >= 0.3 is 0 Å². The molecule has 0 amide bonds. The summed E-state index contributed by atoms with van der Waals surface area (Å²) >= 11 is 0. The van der Waals surface area contributed by atoms with Crippen LogP contribution < -0.4 is 0 Å². The van der Waals surface area contributed by atoms with Gasteiger partial charge in [0, 0.05) is 34.6 Å². The number of hydrogen-bond acceptors (Lipinski definition) is 2. The molecule has 0 radical (unpaired) electrons. The fraction of sp³-hybridized carbons (Fsp3) is 0.176. The lowest BCUT2D eigenvalue weighted by atomic mass is 9.96. The minimum atomic E-state index is 0.961. The topological polar surface area (TPSA) is 25.8 Å². The quantitative estimate of drug-likeness (QED) is 0.263. The Kier molecular flexibility index (Phi) is 6.28. The summed E-state index contributed by atoms with van der Waals surface area (Å²) in [5.41, 5.74) is 16.8. The van der Waals surface area contributed by atoms with Gasteiger partial charge in [0.1, 0.15) is 0 Å². The first-order chi connectivity index (χ1) is 17.3. The van der Waals surface area contributed by atoms with E-state index in [2.05, 4.69) is 114 Å². The Bertz CT molecular complexity index is 1400. The maximum atomic E-state index is 4.80. The van der Waals surface area contributed by atoms with Crippen LogP contribution in [-0.2, 0) is 0 Å². The lowest BCUT2D eigenvalue weighted by molar-refractivity contribution is 1.26. The number of hydrogen-bond donors (Lipinski definition) is 0. The highest BCUT2D eigenvalue weighted by Crippen LogP contribution is 2.30. The van der Waals surface area contributed by atoms with Crippen molar-refractivity contribution in [3.8, 4) is 44.8 Å². The molecule has 0 aliphatic rings. The molecule has 0 aliphatic carbocycles. The molecule has 0 atom stereocenters. The maximum Gasteiger partial charge on any atom is 0.0702 e. The van der Waals surface area contributed by atoms with Crippen LogP contribution in [0.4, 0.5) is 0 Å². The van der Waals surface area contributed by atoms with Crippen LogP contribution in [0.3, 0.4) is 0 Å². The zero-order valence-corrected chi connectivity index (χ0v) is 22.0. The second-order valence-corrected chi connectivity index (χ2v) is 9.92. The van der Waals surface area contributed by atoms with E-state index in [0.29, 0.717) is 0 Å². The number of pyridine rings is 2. The van der Waals surface area contributed by atoms with Crippen molar-refractivity contribution >= 4 is 0 Å². The fourth-order valence-electron chi connectivity index (χ4n) is 4.71. The van der Waals surface area contributed by atoms with E-state index in [1.807, 2.05) is 12.4 Å². The molecule has 2 heteroatoms. The van der Waals surface area contributed by atoms with Crippen LogP contribution >= 0.6 is 0 Å². The number of rotatable bonds is 4. The van der Waals surface area contributed by atoms with Gasteiger partial charge in [0.25, 0.3) is 0 Å². The van der Waals surface area contributed by atoms with Gasteiger partial charge in [-0.05, 0) is 104 Å². The third-order valence-electron chi connectivity index (χ3n) is 7.50. The lowest BCUT2D eigenvalue weighted by Gasteiger charge is -2.11. The second kappa shape index (κ2) is 9.54. The smallest absolute Gasteiger partial charge is 0.0702 e. The molecule has 0 N–H and O–H groups in total. The SMILES string of the molecule is Cc1cc(-c2ccc(-c3cccc(-c4ccc(-c5cc(C)c(C)c(C)c5)cn4)c3)nc2)cc(C)c1C. The third-order valence-corrected chi connectivity index (χ3v) is 7.50. The molecule has 3 aromatic carbocycles. The molecule has 2 nitrogen and oxygen atoms in total. The molecule has 178 valence electrons. The molecule has 5 rings (SSSR count). The summed E-state index contributed by atoms with van der Waals surface area (Å²) in [4.78, 5) is 9.60. The Labute approximate surface area is 214 Å². The van der Waals surface area contributed by atoms with E-state index in [9.17, 15) is 0 Å². The first-order valence-electron chi connectivity index (χ1n) is 12.5. The highest BCUT2D eigenvalue weighted by atomic mass is 14.7. The Balaban J connectivity index is 1.41. The molecule has 0 unspecified atom stereocenters. The summed E-state index contributed by atoms with van der Waals surface area (Å²) in [5, 5.41) is 0. The summed E-state index contributed by atoms with van der Waals surface area (Å²) in [7, 11) is 0. The Morgan fingerprint density at radius 2 is 0.778 bits per heavy atom. The molecule has 0 saturated heterocycles. The van der Waals surface area contributed by atoms with E-state index in [1.165, 1.54) is 44.5 Å². The molecular formula is C34H32N2. The molecule has 0 aliphatic heterocycles. The van der Waals surface area contributed by atoms with Gasteiger partial charge in [0.2, 0.25) is 0 Å². The van der Waals surface area contributed by atoms with E-state index in [-0.39, 0.29) is 0 Å². The molecule has 2 aromatic heterocycles. The van der Waals surface area contributed by atoms with Gasteiger partial charge in [-0.25, -0.2) is 0 Å². The number of nitrogens with zero attached hydrogens (tertiary/aromatic N) is 2. The Hall–Kier alpha value is -4.04. The van der Waals surface area contributed by atoms with E-state index in [0.717, 1.165) is 33.6 Å². The van der Waals surface area contributed by atoms with Crippen LogP contribution in [0.1, 0.15) is 33.4 Å². The van der Waals surface area contributed by atoms with Crippen molar-refractivity contribution in [1.29, 1.82) is 0 Å². The summed E-state index contributed by atoms with van der Waals surface area (Å²) in [6.07, 6.45) is 3.95. The van der Waals surface area contributed by atoms with Crippen LogP contribution in [0.15, 0.2) is 85.2 Å². The largest absolute Gasteiger partial charge is 0.256 e. The van der Waals surface area contributed by atoms with Crippen LogP contribution in [0.5, 0.6) is 0 Å². The first kappa shape index (κ1) is 23.7. The Morgan fingerprint density at radius 1 is 0.389 bits per heavy atom. The number of benzene rings is 3. The van der Waals surface area contributed by atoms with Crippen LogP contribution in [-0.4, -0.2) is 9.97 Å². The normalized spacial score (nSPS) is 11.1. The van der Waals surface area contributed by atoms with Crippen molar-refractivity contribution in [3.05, 3.63) is 119 Å². The van der Waals surface area contributed by atoms with Crippen molar-refractivity contribution in [3.63, 3.8) is 0 Å². The minimum Gasteiger partial charge on any atom is -0.256 e. The molecule has 0 fully saturated rings. The molecule has 0 saturated carbocycles. The average Bonchev–Trinajstić information content (AvgIpc) is 2.90. The van der Waals surface area contributed by atoms with Crippen LogP contribution in [0.25, 0.3) is 44.8 Å². The summed E-state index contributed by atoms with van der Waals surface area (Å²) < 4.78 is 0. The van der Waals surface area contributed by atoms with Crippen LogP contribution in [0, 0.1) is 41.5 Å². The van der Waals surface area contributed by atoms with Gasteiger partial charge in [-0.15, -0.1) is 0 Å². The number of aryl methyl sites for hydroxylation is 4. The van der Waals surface area contributed by atoms with Gasteiger partial charge in [-0.3, -0.25) is 9.97 Å². The highest BCUT2D eigenvalue weighted by molar-refractivity contribution is 5.73. The zero-order chi connectivity index (χ0) is 25.4. The lowest BCUT2D eigenvalue weighted by Crippen LogP contribution is -1.91. The molecule has 0 bridgehead atoms. The molecule has 2 heterocycles. The molecular weight excluding hydrogens is 436 g/mol. The van der Waals surface area contributed by atoms with Crippen LogP contribution in [0.2, 0.25) is 0 Å². The van der Waals surface area contributed by atoms with Gasteiger partial charge in [-0.2, -0.15) is 0 Å². The van der Waals surface area contributed by atoms with Gasteiger partial charge in [0.05, 0.1) is 11.4 Å². The van der Waals surface area contributed by atoms with Crippen molar-refractivity contribution in [2.45, 2.75) is 41.5 Å². The van der Waals surface area contributed by atoms with Gasteiger partial charge in [-0.1, -0.05) is 54.6 Å². The second-order valence-electron chi connectivity index (χ2n) is 9.92. The van der Waals surface area contributed by atoms with E-state index < -0.39 is 0 Å². The maximum absolute atomic E-state index is 4.80. The molecule has 5 aromatic rings. The third kappa shape index (κ3) is 4.59. The first-order valence-corrected chi connectivity index (χ1v) is 12.5. The van der Waals surface area contributed by atoms with E-state index in [1.54, 1.807) is 0 Å². The highest BCUT2D eigenvalue weighted by Gasteiger charge is 2.08. The van der Waals surface area contributed by atoms with E-state index >= 15 is 0 Å². The molecule has 36 heavy (non-hydrogen) atoms. The van der Waals surface area contributed by atoms with Crippen molar-refractivity contribution in [1.82, 2.24) is 9.97 Å². The monoisotopic (exact) mass is 468 g/mol. The summed E-state index contributed by atoms with van der Waals surface area (Å²) in [6.45, 7) is 13.0. The Morgan fingerprint density at radius 3 is 1.11 bits per heavy atom. The van der Waals surface area contributed by atoms with E-state index in [4.69, 9.17) is 9.97 Å². The zero-order valence-electron chi connectivity index (χ0n) is 22.0. The van der Waals surface area contributed by atoms with Gasteiger partial charge in [0.15, 0.2) is 0 Å². The summed E-state index contributed by atoms with van der Waals surface area (Å²) in [6, 6.07) is 26.0. The van der Waals surface area contributed by atoms with Gasteiger partial charge < -0.3 is 0 Å². The number of aromatic nitrogens is 2. The van der Waals surface area contributed by atoms with Crippen molar-refractivity contribution in [2.24, 2.45) is 0 Å². The van der Waals surface area contributed by atoms with Crippen molar-refractivity contribution in [2.75, 3.05) is 0 Å². The standard InChI is InChI=1S/C34H32N2/c1-21-14-31(15-22(2)25(21)5)29-10-12-33(35-19-29)27-8-7-9-28(18-27)34-13-11-30(20-36-34)32-16-23(3)26(6)24(4)17-32/h7-20H,1-6H3. The summed E-state index contributed by atoms with van der Waals surface area (Å²) in [5.74, 6) is 0. The van der Waals surface area contributed by atoms with Crippen molar-refractivity contribution < 1.29 is 0 Å². The fourth-order valence-corrected chi connectivity index (χ4v) is 4.71. The molecule has 0 spiro atoms.